The largest absolute Gasteiger partial charge is 0.478 e. The lowest BCUT2D eigenvalue weighted by atomic mass is 9.85. The fourth-order valence-electron chi connectivity index (χ4n) is 2.74. The predicted molar refractivity (Wildman–Crippen MR) is 81.5 cm³/mol. The normalized spacial score (nSPS) is 13.0. The number of rotatable bonds is 2. The molecule has 3 rings (SSSR count). The van der Waals surface area contributed by atoms with Crippen LogP contribution in [0.3, 0.4) is 0 Å². The smallest absolute Gasteiger partial charge is 0.335 e. The second kappa shape index (κ2) is 5.45. The van der Waals surface area contributed by atoms with Gasteiger partial charge in [0.1, 0.15) is 5.82 Å². The van der Waals surface area contributed by atoms with Gasteiger partial charge in [-0.15, -0.1) is 0 Å². The van der Waals surface area contributed by atoms with Crippen molar-refractivity contribution in [1.29, 1.82) is 0 Å². The Morgan fingerprint density at radius 2 is 2.00 bits per heavy atom. The lowest BCUT2D eigenvalue weighted by molar-refractivity contribution is 0.0697. The van der Waals surface area contributed by atoms with Gasteiger partial charge in [0.15, 0.2) is 5.69 Å². The van der Waals surface area contributed by atoms with E-state index in [0.717, 1.165) is 29.5 Å². The summed E-state index contributed by atoms with van der Waals surface area (Å²) in [5.74, 6) is -1.44. The molecule has 0 saturated heterocycles. The highest BCUT2D eigenvalue weighted by molar-refractivity contribution is 5.93. The summed E-state index contributed by atoms with van der Waals surface area (Å²) in [5, 5.41) is 9.16. The zero-order valence-electron chi connectivity index (χ0n) is 11.6. The van der Waals surface area contributed by atoms with Crippen molar-refractivity contribution in [3.05, 3.63) is 82.0 Å². The number of fused-ring (bicyclic) bond motifs is 1. The van der Waals surface area contributed by atoms with E-state index in [9.17, 15) is 9.18 Å². The number of halogens is 1. The van der Waals surface area contributed by atoms with Crippen LogP contribution < -0.4 is 0 Å². The van der Waals surface area contributed by atoms with Crippen LogP contribution in [0.1, 0.15) is 33.5 Å². The number of carboxylic acids is 1. The summed E-state index contributed by atoms with van der Waals surface area (Å²) in [6.45, 7) is 7.23. The molecule has 0 amide bonds. The van der Waals surface area contributed by atoms with Gasteiger partial charge in [-0.1, -0.05) is 18.2 Å². The summed E-state index contributed by atoms with van der Waals surface area (Å²) in [7, 11) is 0. The van der Waals surface area contributed by atoms with Crippen molar-refractivity contribution in [2.45, 2.75) is 12.8 Å². The van der Waals surface area contributed by atoms with Crippen LogP contribution in [0.25, 0.3) is 10.4 Å². The van der Waals surface area contributed by atoms with E-state index in [1.165, 1.54) is 12.1 Å². The van der Waals surface area contributed by atoms with Crippen LogP contribution in [0.15, 0.2) is 42.5 Å². The first-order valence-corrected chi connectivity index (χ1v) is 6.84. The first kappa shape index (κ1) is 14.0. The number of hydrogen-bond acceptors (Lipinski definition) is 1. The summed E-state index contributed by atoms with van der Waals surface area (Å²) >= 11 is 0. The average Bonchev–Trinajstić information content (AvgIpc) is 2.53. The van der Waals surface area contributed by atoms with Gasteiger partial charge in [0.05, 0.1) is 12.1 Å². The van der Waals surface area contributed by atoms with Gasteiger partial charge >= 0.3 is 5.97 Å². The predicted octanol–water partition coefficient (Wildman–Crippen LogP) is 4.45. The fourth-order valence-corrected chi connectivity index (χ4v) is 2.74. The molecule has 0 unspecified atom stereocenters. The third-order valence-corrected chi connectivity index (χ3v) is 3.78. The zero-order valence-corrected chi connectivity index (χ0v) is 11.6. The van der Waals surface area contributed by atoms with Crippen molar-refractivity contribution in [2.75, 3.05) is 0 Å². The summed E-state index contributed by atoms with van der Waals surface area (Å²) in [6.07, 6.45) is 3.62. The maximum Gasteiger partial charge on any atom is 0.335 e. The quantitative estimate of drug-likeness (QED) is 0.831. The molecule has 2 aromatic carbocycles. The van der Waals surface area contributed by atoms with E-state index in [1.807, 2.05) is 12.1 Å². The van der Waals surface area contributed by atoms with Crippen molar-refractivity contribution in [3.8, 4) is 0 Å². The van der Waals surface area contributed by atoms with E-state index in [4.69, 9.17) is 11.7 Å². The van der Waals surface area contributed by atoms with Crippen LogP contribution in [-0.2, 0) is 6.42 Å². The Morgan fingerprint density at radius 3 is 2.73 bits per heavy atom. The number of carboxylic acid groups (broad SMARTS) is 1. The number of nitrogens with zero attached hydrogens (tertiary/aromatic N) is 1. The molecule has 0 fully saturated rings. The van der Waals surface area contributed by atoms with E-state index >= 15 is 0 Å². The Kier molecular flexibility index (Phi) is 3.48. The SMILES string of the molecule is [C-]#[N+]c1cc(F)ccc1C1=CCCc2ccc(C(=O)O)cc21. The molecular weight excluding hydrogens is 281 g/mol. The van der Waals surface area contributed by atoms with E-state index in [0.29, 0.717) is 5.56 Å². The molecule has 1 aliphatic rings. The number of benzene rings is 2. The van der Waals surface area contributed by atoms with Crippen molar-refractivity contribution >= 4 is 17.2 Å². The lowest BCUT2D eigenvalue weighted by Crippen LogP contribution is -2.05. The third kappa shape index (κ3) is 2.38. The highest BCUT2D eigenvalue weighted by Crippen LogP contribution is 2.37. The van der Waals surface area contributed by atoms with Crippen molar-refractivity contribution < 1.29 is 14.3 Å². The molecule has 1 aliphatic carbocycles. The van der Waals surface area contributed by atoms with Crippen LogP contribution in [0.2, 0.25) is 0 Å². The summed E-state index contributed by atoms with van der Waals surface area (Å²) < 4.78 is 13.3. The standard InChI is InChI=1S/C18H12FNO2/c1-20-17-10-13(19)7-8-15(17)14-4-2-3-11-5-6-12(18(21)22)9-16(11)14/h4-10H,2-3H2,(H,21,22). The van der Waals surface area contributed by atoms with Crippen molar-refractivity contribution in [1.82, 2.24) is 0 Å². The van der Waals surface area contributed by atoms with Crippen LogP contribution in [0, 0.1) is 12.4 Å². The number of hydrogen-bond donors (Lipinski definition) is 1. The third-order valence-electron chi connectivity index (χ3n) is 3.78. The first-order valence-electron chi connectivity index (χ1n) is 6.84. The molecule has 0 bridgehead atoms. The van der Waals surface area contributed by atoms with E-state index in [-0.39, 0.29) is 11.3 Å². The second-order valence-electron chi connectivity index (χ2n) is 5.11. The van der Waals surface area contributed by atoms with Gasteiger partial charge in [-0.25, -0.2) is 14.0 Å². The molecular formula is C18H12FNO2. The summed E-state index contributed by atoms with van der Waals surface area (Å²) in [6, 6.07) is 9.13. The fraction of sp³-hybridized carbons (Fsp3) is 0.111. The minimum atomic E-state index is -0.989. The molecule has 3 nitrogen and oxygen atoms in total. The van der Waals surface area contributed by atoms with Crippen LogP contribution in [0.4, 0.5) is 10.1 Å². The molecule has 0 atom stereocenters. The van der Waals surface area contributed by atoms with Crippen LogP contribution in [0.5, 0.6) is 0 Å². The molecule has 0 radical (unpaired) electrons. The van der Waals surface area contributed by atoms with E-state index < -0.39 is 11.8 Å². The number of allylic oxidation sites excluding steroid dienone is 1. The van der Waals surface area contributed by atoms with Gasteiger partial charge in [0.2, 0.25) is 0 Å². The molecule has 108 valence electrons. The van der Waals surface area contributed by atoms with Gasteiger partial charge < -0.3 is 5.11 Å². The molecule has 22 heavy (non-hydrogen) atoms. The Balaban J connectivity index is 2.19. The molecule has 0 spiro atoms. The highest BCUT2D eigenvalue weighted by atomic mass is 19.1. The summed E-state index contributed by atoms with van der Waals surface area (Å²) in [4.78, 5) is 14.6. The Hall–Kier alpha value is -2.93. The minimum Gasteiger partial charge on any atom is -0.478 e. The van der Waals surface area contributed by atoms with Gasteiger partial charge in [0.25, 0.3) is 0 Å². The molecule has 0 saturated carbocycles. The molecule has 0 aliphatic heterocycles. The van der Waals surface area contributed by atoms with Crippen molar-refractivity contribution in [3.63, 3.8) is 0 Å². The number of carbonyl (C=O) groups is 1. The molecule has 0 aromatic heterocycles. The lowest BCUT2D eigenvalue weighted by Gasteiger charge is -2.19. The van der Waals surface area contributed by atoms with E-state index in [1.54, 1.807) is 18.2 Å². The average molecular weight is 293 g/mol. The zero-order chi connectivity index (χ0) is 15.7. The van der Waals surface area contributed by atoms with Gasteiger partial charge in [0, 0.05) is 0 Å². The van der Waals surface area contributed by atoms with E-state index in [2.05, 4.69) is 4.85 Å². The molecule has 1 N–H and O–H groups in total. The van der Waals surface area contributed by atoms with Gasteiger partial charge in [-0.3, -0.25) is 0 Å². The van der Waals surface area contributed by atoms with Crippen LogP contribution in [-0.4, -0.2) is 11.1 Å². The topological polar surface area (TPSA) is 41.7 Å². The Labute approximate surface area is 127 Å². The number of aryl methyl sites for hydroxylation is 1. The summed E-state index contributed by atoms with van der Waals surface area (Å²) in [5.41, 5.74) is 3.73. The monoisotopic (exact) mass is 293 g/mol. The molecule has 2 aromatic rings. The Bertz CT molecular complexity index is 847. The molecule has 4 heteroatoms. The maximum atomic E-state index is 13.3. The van der Waals surface area contributed by atoms with Crippen LogP contribution >= 0.6 is 0 Å². The Morgan fingerprint density at radius 1 is 1.18 bits per heavy atom. The minimum absolute atomic E-state index is 0.207. The van der Waals surface area contributed by atoms with Crippen molar-refractivity contribution in [2.24, 2.45) is 0 Å². The maximum absolute atomic E-state index is 13.3. The first-order chi connectivity index (χ1) is 10.6. The second-order valence-corrected chi connectivity index (χ2v) is 5.11. The highest BCUT2D eigenvalue weighted by Gasteiger charge is 2.18. The van der Waals surface area contributed by atoms with Gasteiger partial charge in [-0.2, -0.15) is 0 Å². The molecule has 0 heterocycles. The number of aromatic carboxylic acids is 1. The van der Waals surface area contributed by atoms with Gasteiger partial charge in [-0.05, 0) is 59.4 Å².